The van der Waals surface area contributed by atoms with E-state index in [4.69, 9.17) is 0 Å². The molecule has 3 rings (SSSR count). The first-order valence-electron chi connectivity index (χ1n) is 6.66. The van der Waals surface area contributed by atoms with Gasteiger partial charge in [0.15, 0.2) is 5.82 Å². The Morgan fingerprint density at radius 3 is 2.89 bits per heavy atom. The highest BCUT2D eigenvalue weighted by Gasteiger charge is 2.22. The molecule has 1 fully saturated rings. The normalized spacial score (nSPS) is 20.6. The molecule has 0 saturated carbocycles. The van der Waals surface area contributed by atoms with Gasteiger partial charge in [-0.2, -0.15) is 4.80 Å². The van der Waals surface area contributed by atoms with Crippen molar-refractivity contribution >= 4 is 0 Å². The topological polar surface area (TPSA) is 59.7 Å². The minimum atomic E-state index is 0.591. The predicted molar refractivity (Wildman–Crippen MR) is 70.3 cm³/mol. The Kier molecular flexibility index (Phi) is 3.50. The zero-order chi connectivity index (χ0) is 13.1. The fourth-order valence-electron chi connectivity index (χ4n) is 2.69. The highest BCUT2D eigenvalue weighted by atomic mass is 15.6. The van der Waals surface area contributed by atoms with Crippen LogP contribution in [0.3, 0.4) is 0 Å². The third-order valence-electron chi connectivity index (χ3n) is 3.60. The molecule has 2 aromatic rings. The lowest BCUT2D eigenvalue weighted by atomic mass is 9.91. The molecule has 2 aromatic heterocycles. The average Bonchev–Trinajstić information content (AvgIpc) is 2.85. The van der Waals surface area contributed by atoms with Gasteiger partial charge in [0.05, 0.1) is 13.6 Å². The van der Waals surface area contributed by atoms with E-state index in [-0.39, 0.29) is 0 Å². The van der Waals surface area contributed by atoms with Crippen molar-refractivity contribution in [3.63, 3.8) is 0 Å². The molecule has 0 radical (unpaired) electrons. The van der Waals surface area contributed by atoms with E-state index in [0.29, 0.717) is 5.92 Å². The lowest BCUT2D eigenvalue weighted by Crippen LogP contribution is -2.34. The average molecular weight is 258 g/mol. The molecule has 1 unspecified atom stereocenters. The number of aryl methyl sites for hydroxylation is 1. The van der Waals surface area contributed by atoms with Gasteiger partial charge in [-0.15, -0.1) is 10.2 Å². The van der Waals surface area contributed by atoms with Crippen LogP contribution in [0.25, 0.3) is 0 Å². The van der Waals surface area contributed by atoms with Crippen LogP contribution in [0.15, 0.2) is 24.5 Å². The van der Waals surface area contributed by atoms with Crippen molar-refractivity contribution in [1.82, 2.24) is 30.1 Å². The van der Waals surface area contributed by atoms with Gasteiger partial charge in [-0.3, -0.25) is 9.88 Å². The fraction of sp³-hybridized carbons (Fsp3) is 0.538. The third-order valence-corrected chi connectivity index (χ3v) is 3.60. The summed E-state index contributed by atoms with van der Waals surface area (Å²) in [5.74, 6) is 1.39. The summed E-state index contributed by atoms with van der Waals surface area (Å²) in [6.45, 7) is 2.96. The van der Waals surface area contributed by atoms with Crippen LogP contribution in [0.5, 0.6) is 0 Å². The Labute approximate surface area is 112 Å². The van der Waals surface area contributed by atoms with Gasteiger partial charge in [0.2, 0.25) is 0 Å². The molecule has 19 heavy (non-hydrogen) atoms. The van der Waals surface area contributed by atoms with Crippen molar-refractivity contribution in [1.29, 1.82) is 0 Å². The smallest absolute Gasteiger partial charge is 0.188 e. The number of hydrogen-bond donors (Lipinski definition) is 0. The molecule has 0 amide bonds. The van der Waals surface area contributed by atoms with E-state index in [1.54, 1.807) is 7.05 Å². The van der Waals surface area contributed by atoms with E-state index in [2.05, 4.69) is 37.4 Å². The lowest BCUT2D eigenvalue weighted by Gasteiger charge is -2.32. The molecular formula is C13H18N6. The van der Waals surface area contributed by atoms with Crippen molar-refractivity contribution in [2.45, 2.75) is 25.3 Å². The summed E-state index contributed by atoms with van der Waals surface area (Å²) in [6, 6.07) is 4.24. The third kappa shape index (κ3) is 2.96. The first-order chi connectivity index (χ1) is 9.31. The van der Waals surface area contributed by atoms with Crippen LogP contribution < -0.4 is 0 Å². The summed E-state index contributed by atoms with van der Waals surface area (Å²) < 4.78 is 0. The zero-order valence-electron chi connectivity index (χ0n) is 11.1. The first kappa shape index (κ1) is 12.2. The van der Waals surface area contributed by atoms with Gasteiger partial charge in [-0.25, -0.2) is 0 Å². The fourth-order valence-corrected chi connectivity index (χ4v) is 2.69. The van der Waals surface area contributed by atoms with Crippen molar-refractivity contribution < 1.29 is 0 Å². The lowest BCUT2D eigenvalue weighted by molar-refractivity contribution is 0.195. The summed E-state index contributed by atoms with van der Waals surface area (Å²) in [5.41, 5.74) is 1.38. The van der Waals surface area contributed by atoms with Crippen molar-refractivity contribution in [2.24, 2.45) is 7.05 Å². The molecule has 0 aromatic carbocycles. The highest BCUT2D eigenvalue weighted by Crippen LogP contribution is 2.26. The Balaban J connectivity index is 1.65. The van der Waals surface area contributed by atoms with E-state index in [9.17, 15) is 0 Å². The Morgan fingerprint density at radius 1 is 1.32 bits per heavy atom. The van der Waals surface area contributed by atoms with E-state index in [0.717, 1.165) is 25.5 Å². The highest BCUT2D eigenvalue weighted by molar-refractivity contribution is 5.16. The van der Waals surface area contributed by atoms with Gasteiger partial charge in [0, 0.05) is 18.9 Å². The molecule has 1 aliphatic rings. The first-order valence-corrected chi connectivity index (χ1v) is 6.66. The molecule has 0 aliphatic carbocycles. The van der Waals surface area contributed by atoms with Gasteiger partial charge in [0.1, 0.15) is 0 Å². The van der Waals surface area contributed by atoms with Crippen LogP contribution in [0.1, 0.15) is 30.1 Å². The van der Waals surface area contributed by atoms with Crippen LogP contribution in [0.4, 0.5) is 0 Å². The maximum absolute atomic E-state index is 4.25. The second-order valence-corrected chi connectivity index (χ2v) is 5.05. The molecule has 0 bridgehead atoms. The monoisotopic (exact) mass is 258 g/mol. The number of rotatable bonds is 3. The van der Waals surface area contributed by atoms with Crippen LogP contribution in [-0.4, -0.2) is 43.2 Å². The summed E-state index contributed by atoms with van der Waals surface area (Å²) in [4.78, 5) is 8.01. The molecule has 1 atom stereocenters. The molecular weight excluding hydrogens is 240 g/mol. The minimum Gasteiger partial charge on any atom is -0.295 e. The van der Waals surface area contributed by atoms with Crippen LogP contribution in [0, 0.1) is 0 Å². The number of pyridine rings is 1. The molecule has 6 heteroatoms. The molecule has 3 heterocycles. The molecule has 1 saturated heterocycles. The minimum absolute atomic E-state index is 0.591. The summed E-state index contributed by atoms with van der Waals surface area (Å²) >= 11 is 0. The van der Waals surface area contributed by atoms with Crippen LogP contribution >= 0.6 is 0 Å². The predicted octanol–water partition coefficient (Wildman–Crippen LogP) is 0.985. The van der Waals surface area contributed by atoms with E-state index >= 15 is 0 Å². The molecule has 1 aliphatic heterocycles. The number of aromatic nitrogens is 5. The molecule has 100 valence electrons. The summed E-state index contributed by atoms with van der Waals surface area (Å²) in [7, 11) is 1.80. The Bertz CT molecular complexity index is 523. The largest absolute Gasteiger partial charge is 0.295 e. The Hall–Kier alpha value is -1.82. The SMILES string of the molecule is Cn1nnc(CN2CCCC(c3ccncc3)C2)n1. The van der Waals surface area contributed by atoms with Gasteiger partial charge in [-0.05, 0) is 48.2 Å². The van der Waals surface area contributed by atoms with E-state index < -0.39 is 0 Å². The van der Waals surface area contributed by atoms with Crippen molar-refractivity contribution in [3.05, 3.63) is 35.9 Å². The number of likely N-dealkylation sites (tertiary alicyclic amines) is 1. The van der Waals surface area contributed by atoms with E-state index in [1.807, 2.05) is 12.4 Å². The molecule has 0 N–H and O–H groups in total. The number of hydrogen-bond acceptors (Lipinski definition) is 5. The van der Waals surface area contributed by atoms with E-state index in [1.165, 1.54) is 23.2 Å². The number of tetrazole rings is 1. The second kappa shape index (κ2) is 5.44. The van der Waals surface area contributed by atoms with Gasteiger partial charge in [0.25, 0.3) is 0 Å². The Morgan fingerprint density at radius 2 is 2.16 bits per heavy atom. The van der Waals surface area contributed by atoms with Crippen molar-refractivity contribution in [2.75, 3.05) is 13.1 Å². The van der Waals surface area contributed by atoms with Crippen LogP contribution in [0.2, 0.25) is 0 Å². The second-order valence-electron chi connectivity index (χ2n) is 5.05. The van der Waals surface area contributed by atoms with Crippen molar-refractivity contribution in [3.8, 4) is 0 Å². The van der Waals surface area contributed by atoms with Gasteiger partial charge in [-0.1, -0.05) is 0 Å². The molecule has 0 spiro atoms. The maximum atomic E-state index is 4.25. The summed E-state index contributed by atoms with van der Waals surface area (Å²) in [6.07, 6.45) is 6.21. The number of nitrogens with zero attached hydrogens (tertiary/aromatic N) is 6. The number of piperidine rings is 1. The quantitative estimate of drug-likeness (QED) is 0.821. The van der Waals surface area contributed by atoms with Gasteiger partial charge >= 0.3 is 0 Å². The van der Waals surface area contributed by atoms with Gasteiger partial charge < -0.3 is 0 Å². The standard InChI is InChI=1S/C13H18N6/c1-18-16-13(15-17-18)10-19-8-2-3-12(9-19)11-4-6-14-7-5-11/h4-7,12H,2-3,8-10H2,1H3. The zero-order valence-corrected chi connectivity index (χ0v) is 11.1. The maximum Gasteiger partial charge on any atom is 0.188 e. The van der Waals surface area contributed by atoms with Crippen LogP contribution in [-0.2, 0) is 13.6 Å². The summed E-state index contributed by atoms with van der Waals surface area (Å²) in [5, 5.41) is 12.2. The molecule has 6 nitrogen and oxygen atoms in total.